The van der Waals surface area contributed by atoms with E-state index >= 15 is 0 Å². The molecule has 4 rings (SSSR count). The van der Waals surface area contributed by atoms with E-state index in [1.165, 1.54) is 11.1 Å². The Kier molecular flexibility index (Phi) is 3.77. The van der Waals surface area contributed by atoms with Crippen molar-refractivity contribution in [3.8, 4) is 0 Å². The van der Waals surface area contributed by atoms with Crippen LogP contribution in [0.1, 0.15) is 66.7 Å². The maximum Gasteiger partial charge on any atom is 0.161 e. The number of carbonyl (C=O) groups is 2. The zero-order valence-electron chi connectivity index (χ0n) is 16.8. The van der Waals surface area contributed by atoms with Crippen molar-refractivity contribution in [3.63, 3.8) is 0 Å². The summed E-state index contributed by atoms with van der Waals surface area (Å²) in [6.45, 7) is 10.4. The van der Waals surface area contributed by atoms with E-state index in [1.807, 2.05) is 6.08 Å². The Morgan fingerprint density at radius 1 is 1.19 bits per heavy atom. The third-order valence-electron chi connectivity index (χ3n) is 9.12. The van der Waals surface area contributed by atoms with E-state index in [1.54, 1.807) is 6.92 Å². The maximum absolute atomic E-state index is 12.3. The van der Waals surface area contributed by atoms with Gasteiger partial charge in [-0.25, -0.2) is 0 Å². The summed E-state index contributed by atoms with van der Waals surface area (Å²) in [4.78, 5) is 24.5. The van der Waals surface area contributed by atoms with Crippen LogP contribution in [0, 0.1) is 34.5 Å². The molecule has 0 bridgehead atoms. The number of aliphatic hydroxyl groups is 1. The highest BCUT2D eigenvalue weighted by Gasteiger charge is 2.65. The van der Waals surface area contributed by atoms with Crippen molar-refractivity contribution < 1.29 is 14.7 Å². The van der Waals surface area contributed by atoms with Gasteiger partial charge in [-0.2, -0.15) is 0 Å². The summed E-state index contributed by atoms with van der Waals surface area (Å²) >= 11 is 0. The van der Waals surface area contributed by atoms with E-state index in [0.717, 1.165) is 19.3 Å². The largest absolute Gasteiger partial charge is 0.382 e. The lowest BCUT2D eigenvalue weighted by molar-refractivity contribution is -0.157. The Morgan fingerprint density at radius 2 is 1.85 bits per heavy atom. The molecule has 1 N–H and O–H groups in total. The minimum atomic E-state index is -1.17. The fraction of sp³-hybridized carbons (Fsp3) is 0.739. The molecule has 4 aliphatic carbocycles. The second-order valence-electron chi connectivity index (χ2n) is 9.96. The average molecular weight is 357 g/mol. The van der Waals surface area contributed by atoms with Gasteiger partial charge in [0.2, 0.25) is 0 Å². The van der Waals surface area contributed by atoms with Crippen LogP contribution in [0.15, 0.2) is 23.3 Å². The van der Waals surface area contributed by atoms with Crippen LogP contribution in [0.25, 0.3) is 0 Å². The molecule has 0 saturated heterocycles. The average Bonchev–Trinajstić information content (AvgIpc) is 2.83. The van der Waals surface area contributed by atoms with Gasteiger partial charge in [-0.05, 0) is 80.3 Å². The van der Waals surface area contributed by atoms with Gasteiger partial charge in [0.15, 0.2) is 11.6 Å². The lowest BCUT2D eigenvalue weighted by atomic mass is 9.45. The molecule has 26 heavy (non-hydrogen) atoms. The smallest absolute Gasteiger partial charge is 0.161 e. The first-order chi connectivity index (χ1) is 12.1. The summed E-state index contributed by atoms with van der Waals surface area (Å²) in [7, 11) is 0. The van der Waals surface area contributed by atoms with E-state index < -0.39 is 5.60 Å². The number of carbonyl (C=O) groups excluding carboxylic acids is 2. The Labute approximate surface area is 156 Å². The van der Waals surface area contributed by atoms with Gasteiger partial charge in [0, 0.05) is 11.8 Å². The fourth-order valence-corrected chi connectivity index (χ4v) is 7.36. The molecule has 7 atom stereocenters. The molecule has 0 aliphatic heterocycles. The molecule has 0 aromatic rings. The monoisotopic (exact) mass is 356 g/mol. The van der Waals surface area contributed by atoms with Crippen LogP contribution in [-0.4, -0.2) is 22.3 Å². The predicted molar refractivity (Wildman–Crippen MR) is 101 cm³/mol. The highest BCUT2D eigenvalue weighted by atomic mass is 16.3. The number of allylic oxidation sites excluding steroid dienone is 4. The van der Waals surface area contributed by atoms with Crippen LogP contribution < -0.4 is 0 Å². The van der Waals surface area contributed by atoms with Crippen LogP contribution >= 0.6 is 0 Å². The highest BCUT2D eigenvalue weighted by molar-refractivity contribution is 5.93. The minimum Gasteiger partial charge on any atom is -0.382 e. The second kappa shape index (κ2) is 5.41. The molecule has 0 aromatic heterocycles. The molecule has 5 unspecified atom stereocenters. The lowest BCUT2D eigenvalue weighted by Gasteiger charge is -2.59. The lowest BCUT2D eigenvalue weighted by Crippen LogP contribution is -2.57. The van der Waals surface area contributed by atoms with Crippen molar-refractivity contribution in [2.24, 2.45) is 34.5 Å². The van der Waals surface area contributed by atoms with E-state index in [0.29, 0.717) is 36.5 Å². The molecule has 2 fully saturated rings. The van der Waals surface area contributed by atoms with Crippen LogP contribution in [0.3, 0.4) is 0 Å². The second-order valence-corrected chi connectivity index (χ2v) is 9.96. The summed E-state index contributed by atoms with van der Waals surface area (Å²) in [6.07, 6.45) is 8.32. The molecule has 3 heteroatoms. The molecular weight excluding hydrogens is 324 g/mol. The Morgan fingerprint density at radius 3 is 2.50 bits per heavy atom. The van der Waals surface area contributed by atoms with Gasteiger partial charge >= 0.3 is 0 Å². The predicted octanol–water partition coefficient (Wildman–Crippen LogP) is 4.25. The van der Waals surface area contributed by atoms with Gasteiger partial charge in [-0.15, -0.1) is 0 Å². The molecule has 0 aromatic carbocycles. The summed E-state index contributed by atoms with van der Waals surface area (Å²) in [5.74, 6) is 1.74. The quantitative estimate of drug-likeness (QED) is 0.764. The summed E-state index contributed by atoms with van der Waals surface area (Å²) in [6, 6.07) is 0. The van der Waals surface area contributed by atoms with Crippen molar-refractivity contribution >= 4 is 11.6 Å². The first-order valence-electron chi connectivity index (χ1n) is 10.2. The van der Waals surface area contributed by atoms with Gasteiger partial charge in [0.1, 0.15) is 5.60 Å². The van der Waals surface area contributed by atoms with Gasteiger partial charge in [0.25, 0.3) is 0 Å². The number of Topliss-reactive ketones (excluding diaryl/α,β-unsaturated/α-hetero) is 1. The summed E-state index contributed by atoms with van der Waals surface area (Å²) < 4.78 is 0. The SMILES string of the molecule is CC(=O)[C@@]1(O)CCC2C3C=C(C)C4=CC(=O)C[C@H](C)C4(C)C3CCC21C. The number of fused-ring (bicyclic) bond motifs is 5. The van der Waals surface area contributed by atoms with E-state index in [9.17, 15) is 14.7 Å². The number of hydrogen-bond donors (Lipinski definition) is 1. The molecule has 3 nitrogen and oxygen atoms in total. The molecule has 0 spiro atoms. The van der Waals surface area contributed by atoms with Crippen molar-refractivity contribution in [2.45, 2.75) is 72.3 Å². The fourth-order valence-electron chi connectivity index (χ4n) is 7.36. The first kappa shape index (κ1) is 18.2. The van der Waals surface area contributed by atoms with E-state index in [-0.39, 0.29) is 22.4 Å². The standard InChI is InChI=1S/C23H32O3/c1-13-10-17-18-7-9-23(26,15(3)24)21(18,4)8-6-19(17)22(5)14(2)11-16(25)12-20(13)22/h10,12,14,17-19,26H,6-9,11H2,1-5H3/t14-,17?,18?,19?,21?,22?,23-/m0/s1. The maximum atomic E-state index is 12.3. The van der Waals surface area contributed by atoms with Gasteiger partial charge in [0.05, 0.1) is 0 Å². The summed E-state index contributed by atoms with van der Waals surface area (Å²) in [5, 5.41) is 11.2. The molecule has 0 heterocycles. The zero-order chi connectivity index (χ0) is 19.1. The summed E-state index contributed by atoms with van der Waals surface area (Å²) in [5.41, 5.74) is 0.995. The highest BCUT2D eigenvalue weighted by Crippen LogP contribution is 2.67. The third kappa shape index (κ3) is 1.99. The zero-order valence-corrected chi connectivity index (χ0v) is 16.8. The molecule has 4 aliphatic rings. The van der Waals surface area contributed by atoms with Gasteiger partial charge in [-0.1, -0.05) is 32.4 Å². The van der Waals surface area contributed by atoms with E-state index in [2.05, 4.69) is 33.8 Å². The van der Waals surface area contributed by atoms with Crippen molar-refractivity contribution in [1.29, 1.82) is 0 Å². The topological polar surface area (TPSA) is 54.4 Å². The van der Waals surface area contributed by atoms with Crippen molar-refractivity contribution in [3.05, 3.63) is 23.3 Å². The van der Waals surface area contributed by atoms with Crippen LogP contribution in [0.4, 0.5) is 0 Å². The Bertz CT molecular complexity index is 747. The van der Waals surface area contributed by atoms with Crippen LogP contribution in [-0.2, 0) is 9.59 Å². The van der Waals surface area contributed by atoms with E-state index in [4.69, 9.17) is 0 Å². The number of rotatable bonds is 1. The molecular formula is C23H32O3. The molecule has 0 amide bonds. The molecule has 2 saturated carbocycles. The molecule has 142 valence electrons. The van der Waals surface area contributed by atoms with Crippen LogP contribution in [0.2, 0.25) is 0 Å². The minimum absolute atomic E-state index is 0.0235. The van der Waals surface area contributed by atoms with Crippen molar-refractivity contribution in [2.75, 3.05) is 0 Å². The van der Waals surface area contributed by atoms with Gasteiger partial charge in [-0.3, -0.25) is 9.59 Å². The molecule has 0 radical (unpaired) electrons. The third-order valence-corrected chi connectivity index (χ3v) is 9.12. The first-order valence-corrected chi connectivity index (χ1v) is 10.2. The Hall–Kier alpha value is -1.22. The normalized spacial score (nSPS) is 50.3. The Balaban J connectivity index is 1.82. The van der Waals surface area contributed by atoms with Crippen LogP contribution in [0.5, 0.6) is 0 Å². The number of hydrogen-bond acceptors (Lipinski definition) is 3. The van der Waals surface area contributed by atoms with Gasteiger partial charge < -0.3 is 5.11 Å². The van der Waals surface area contributed by atoms with Crippen molar-refractivity contribution in [1.82, 2.24) is 0 Å². The number of ketones is 2.